The Kier molecular flexibility index (Phi) is 4.16. The van der Waals surface area contributed by atoms with Crippen LogP contribution in [0.3, 0.4) is 0 Å². The van der Waals surface area contributed by atoms with E-state index in [0.29, 0.717) is 11.8 Å². The predicted molar refractivity (Wildman–Crippen MR) is 71.2 cm³/mol. The summed E-state index contributed by atoms with van der Waals surface area (Å²) in [6.45, 7) is 6.06. The number of aromatic nitrogens is 2. The molecule has 1 aliphatic rings. The molecular formula is C12H19N3O2S. The largest absolute Gasteiger partial charge is 0.481 e. The van der Waals surface area contributed by atoms with Gasteiger partial charge in [-0.1, -0.05) is 13.8 Å². The topological polar surface area (TPSA) is 66.3 Å². The molecule has 0 aromatic carbocycles. The van der Waals surface area contributed by atoms with Crippen molar-refractivity contribution in [3.05, 3.63) is 5.82 Å². The minimum Gasteiger partial charge on any atom is -0.481 e. The first kappa shape index (κ1) is 13.3. The van der Waals surface area contributed by atoms with Crippen LogP contribution in [0.15, 0.2) is 0 Å². The van der Waals surface area contributed by atoms with E-state index in [1.54, 1.807) is 0 Å². The number of carboxylic acids is 1. The number of carboxylic acid groups (broad SMARTS) is 1. The van der Waals surface area contributed by atoms with Crippen molar-refractivity contribution < 1.29 is 9.90 Å². The van der Waals surface area contributed by atoms with Gasteiger partial charge in [0.05, 0.1) is 0 Å². The molecule has 1 fully saturated rings. The predicted octanol–water partition coefficient (Wildman–Crippen LogP) is 2.35. The molecule has 100 valence electrons. The van der Waals surface area contributed by atoms with Crippen molar-refractivity contribution in [3.8, 4) is 0 Å². The average Bonchev–Trinajstić information content (AvgIpc) is 2.95. The lowest BCUT2D eigenvalue weighted by Crippen LogP contribution is -2.19. The number of carbonyl (C=O) groups is 1. The first-order valence-electron chi connectivity index (χ1n) is 6.36. The molecule has 0 spiro atoms. The van der Waals surface area contributed by atoms with Crippen LogP contribution in [-0.4, -0.2) is 33.5 Å². The quantitative estimate of drug-likeness (QED) is 0.888. The van der Waals surface area contributed by atoms with E-state index >= 15 is 0 Å². The molecule has 1 aliphatic heterocycles. The van der Waals surface area contributed by atoms with E-state index in [9.17, 15) is 4.79 Å². The zero-order valence-corrected chi connectivity index (χ0v) is 11.6. The molecule has 1 aromatic rings. The maximum atomic E-state index is 10.6. The summed E-state index contributed by atoms with van der Waals surface area (Å²) in [6, 6.07) is 0. The van der Waals surface area contributed by atoms with Gasteiger partial charge in [0.25, 0.3) is 0 Å². The van der Waals surface area contributed by atoms with E-state index in [0.717, 1.165) is 36.9 Å². The Morgan fingerprint density at radius 2 is 2.39 bits per heavy atom. The van der Waals surface area contributed by atoms with Crippen LogP contribution in [0.2, 0.25) is 0 Å². The van der Waals surface area contributed by atoms with Crippen LogP contribution >= 0.6 is 11.5 Å². The molecule has 1 aromatic heterocycles. The van der Waals surface area contributed by atoms with Crippen molar-refractivity contribution in [2.45, 2.75) is 39.0 Å². The van der Waals surface area contributed by atoms with Crippen LogP contribution in [0.1, 0.15) is 44.9 Å². The third-order valence-corrected chi connectivity index (χ3v) is 4.06. The van der Waals surface area contributed by atoms with E-state index < -0.39 is 5.97 Å². The standard InChI is InChI=1S/C12H19N3O2S/c1-8(2)11-13-12(18-14-11)15-6-5-9(7-15)3-4-10(16)17/h8-9H,3-7H2,1-2H3,(H,16,17). The van der Waals surface area contributed by atoms with Crippen LogP contribution in [0.5, 0.6) is 0 Å². The summed E-state index contributed by atoms with van der Waals surface area (Å²) >= 11 is 1.45. The number of aliphatic carboxylic acids is 1. The monoisotopic (exact) mass is 269 g/mol. The van der Waals surface area contributed by atoms with Gasteiger partial charge < -0.3 is 10.0 Å². The van der Waals surface area contributed by atoms with Gasteiger partial charge in [0, 0.05) is 37.0 Å². The summed E-state index contributed by atoms with van der Waals surface area (Å²) in [6.07, 6.45) is 2.09. The minimum atomic E-state index is -0.702. The lowest BCUT2D eigenvalue weighted by molar-refractivity contribution is -0.137. The fourth-order valence-electron chi connectivity index (χ4n) is 2.16. The molecule has 0 saturated carbocycles. The van der Waals surface area contributed by atoms with E-state index in [1.165, 1.54) is 11.5 Å². The molecule has 0 aliphatic carbocycles. The highest BCUT2D eigenvalue weighted by molar-refractivity contribution is 7.09. The summed E-state index contributed by atoms with van der Waals surface area (Å²) in [5.41, 5.74) is 0. The third-order valence-electron chi connectivity index (χ3n) is 3.27. The second-order valence-electron chi connectivity index (χ2n) is 5.12. The molecule has 1 saturated heterocycles. The molecule has 1 unspecified atom stereocenters. The van der Waals surface area contributed by atoms with Crippen LogP contribution in [0.4, 0.5) is 5.13 Å². The first-order valence-corrected chi connectivity index (χ1v) is 7.14. The van der Waals surface area contributed by atoms with Crippen molar-refractivity contribution >= 4 is 22.6 Å². The van der Waals surface area contributed by atoms with Crippen molar-refractivity contribution in [1.29, 1.82) is 0 Å². The summed E-state index contributed by atoms with van der Waals surface area (Å²) < 4.78 is 4.35. The summed E-state index contributed by atoms with van der Waals surface area (Å²) in [7, 11) is 0. The van der Waals surface area contributed by atoms with Gasteiger partial charge in [-0.2, -0.15) is 4.37 Å². The van der Waals surface area contributed by atoms with Crippen molar-refractivity contribution in [2.75, 3.05) is 18.0 Å². The molecule has 0 bridgehead atoms. The van der Waals surface area contributed by atoms with Gasteiger partial charge in [-0.25, -0.2) is 4.98 Å². The molecule has 2 rings (SSSR count). The number of hydrogen-bond donors (Lipinski definition) is 1. The number of anilines is 1. The van der Waals surface area contributed by atoms with Gasteiger partial charge >= 0.3 is 5.97 Å². The van der Waals surface area contributed by atoms with Gasteiger partial charge in [-0.05, 0) is 18.8 Å². The smallest absolute Gasteiger partial charge is 0.303 e. The van der Waals surface area contributed by atoms with Crippen molar-refractivity contribution in [2.24, 2.45) is 5.92 Å². The van der Waals surface area contributed by atoms with Gasteiger partial charge in [-0.15, -0.1) is 0 Å². The molecule has 0 radical (unpaired) electrons. The Morgan fingerprint density at radius 1 is 1.61 bits per heavy atom. The van der Waals surface area contributed by atoms with Crippen LogP contribution in [0.25, 0.3) is 0 Å². The second-order valence-corrected chi connectivity index (χ2v) is 5.85. The average molecular weight is 269 g/mol. The maximum absolute atomic E-state index is 10.6. The lowest BCUT2D eigenvalue weighted by Gasteiger charge is -2.13. The van der Waals surface area contributed by atoms with E-state index in [2.05, 4.69) is 28.1 Å². The molecule has 1 atom stereocenters. The number of hydrogen-bond acceptors (Lipinski definition) is 5. The molecule has 6 heteroatoms. The van der Waals surface area contributed by atoms with Gasteiger partial charge in [0.1, 0.15) is 5.82 Å². The van der Waals surface area contributed by atoms with E-state index in [4.69, 9.17) is 5.11 Å². The Morgan fingerprint density at radius 3 is 3.00 bits per heavy atom. The minimum absolute atomic E-state index is 0.270. The fourth-order valence-corrected chi connectivity index (χ4v) is 3.00. The third kappa shape index (κ3) is 3.19. The van der Waals surface area contributed by atoms with Gasteiger partial charge in [-0.3, -0.25) is 4.79 Å². The number of nitrogens with zero attached hydrogens (tertiary/aromatic N) is 3. The van der Waals surface area contributed by atoms with Crippen molar-refractivity contribution in [1.82, 2.24) is 9.36 Å². The molecule has 18 heavy (non-hydrogen) atoms. The maximum Gasteiger partial charge on any atom is 0.303 e. The Hall–Kier alpha value is -1.17. The van der Waals surface area contributed by atoms with E-state index in [1.807, 2.05) is 0 Å². The second kappa shape index (κ2) is 5.65. The van der Waals surface area contributed by atoms with Crippen LogP contribution in [0, 0.1) is 5.92 Å². The zero-order valence-electron chi connectivity index (χ0n) is 10.8. The summed E-state index contributed by atoms with van der Waals surface area (Å²) in [5, 5.41) is 9.67. The Bertz CT molecular complexity index is 419. The van der Waals surface area contributed by atoms with Crippen molar-refractivity contribution in [3.63, 3.8) is 0 Å². The Balaban J connectivity index is 1.89. The molecular weight excluding hydrogens is 250 g/mol. The zero-order chi connectivity index (χ0) is 13.1. The number of rotatable bonds is 5. The highest BCUT2D eigenvalue weighted by Gasteiger charge is 2.25. The highest BCUT2D eigenvalue weighted by Crippen LogP contribution is 2.28. The first-order chi connectivity index (χ1) is 8.56. The summed E-state index contributed by atoms with van der Waals surface area (Å²) in [4.78, 5) is 17.3. The molecule has 1 N–H and O–H groups in total. The molecule has 2 heterocycles. The van der Waals surface area contributed by atoms with Gasteiger partial charge in [0.2, 0.25) is 5.13 Å². The van der Waals surface area contributed by atoms with Gasteiger partial charge in [0.15, 0.2) is 0 Å². The molecule has 0 amide bonds. The molecule has 5 nitrogen and oxygen atoms in total. The summed E-state index contributed by atoms with van der Waals surface area (Å²) in [5.74, 6) is 1.04. The van der Waals surface area contributed by atoms with E-state index in [-0.39, 0.29) is 6.42 Å². The highest BCUT2D eigenvalue weighted by atomic mass is 32.1. The fraction of sp³-hybridized carbons (Fsp3) is 0.750. The SMILES string of the molecule is CC(C)c1nsc(N2CCC(CCC(=O)O)C2)n1. The Labute approximate surface area is 111 Å². The van der Waals surface area contributed by atoms with Crippen LogP contribution < -0.4 is 4.90 Å². The normalized spacial score (nSPS) is 19.7. The van der Waals surface area contributed by atoms with Crippen LogP contribution in [-0.2, 0) is 4.79 Å². The lowest BCUT2D eigenvalue weighted by atomic mass is 10.0.